The van der Waals surface area contributed by atoms with Crippen molar-refractivity contribution in [2.75, 3.05) is 26.7 Å². The Morgan fingerprint density at radius 3 is 2.70 bits per heavy atom. The van der Waals surface area contributed by atoms with Gasteiger partial charge < -0.3 is 14.9 Å². The standard InChI is InChI=1S/C15H26N2O3/c1-5-8-17(11-15(2,3)10-16)9-12-6-7-13(20-12)14(18)19-4/h6-7H,5,8-11,16H2,1-4H3. The summed E-state index contributed by atoms with van der Waals surface area (Å²) in [6.45, 7) is 9.62. The molecule has 0 aromatic carbocycles. The first-order valence-electron chi connectivity index (χ1n) is 7.01. The number of ether oxygens (including phenoxy) is 1. The summed E-state index contributed by atoms with van der Waals surface area (Å²) in [4.78, 5) is 13.7. The molecule has 0 atom stereocenters. The number of hydrogen-bond acceptors (Lipinski definition) is 5. The summed E-state index contributed by atoms with van der Waals surface area (Å²) in [5.41, 5.74) is 5.86. The average Bonchev–Trinajstić information content (AvgIpc) is 2.86. The predicted molar refractivity (Wildman–Crippen MR) is 78.5 cm³/mol. The molecule has 2 N–H and O–H groups in total. The van der Waals surface area contributed by atoms with Gasteiger partial charge in [0, 0.05) is 6.54 Å². The summed E-state index contributed by atoms with van der Waals surface area (Å²) in [5, 5.41) is 0. The van der Waals surface area contributed by atoms with E-state index in [1.807, 2.05) is 6.07 Å². The van der Waals surface area contributed by atoms with E-state index in [0.29, 0.717) is 13.1 Å². The summed E-state index contributed by atoms with van der Waals surface area (Å²) in [7, 11) is 1.34. The van der Waals surface area contributed by atoms with Crippen LogP contribution < -0.4 is 5.73 Å². The molecule has 0 bridgehead atoms. The van der Waals surface area contributed by atoms with Crippen LogP contribution >= 0.6 is 0 Å². The molecule has 0 unspecified atom stereocenters. The highest BCUT2D eigenvalue weighted by atomic mass is 16.5. The Kier molecular flexibility index (Phi) is 6.23. The van der Waals surface area contributed by atoms with Gasteiger partial charge in [0.2, 0.25) is 5.76 Å². The second-order valence-corrected chi connectivity index (χ2v) is 5.84. The molecule has 114 valence electrons. The summed E-state index contributed by atoms with van der Waals surface area (Å²) < 4.78 is 10.2. The van der Waals surface area contributed by atoms with Crippen molar-refractivity contribution < 1.29 is 13.9 Å². The second kappa shape index (κ2) is 7.45. The van der Waals surface area contributed by atoms with E-state index in [-0.39, 0.29) is 11.2 Å². The summed E-state index contributed by atoms with van der Waals surface area (Å²) >= 11 is 0. The molecule has 5 nitrogen and oxygen atoms in total. The van der Waals surface area contributed by atoms with Crippen LogP contribution in [0.3, 0.4) is 0 Å². The Morgan fingerprint density at radius 2 is 2.15 bits per heavy atom. The number of nitrogens with two attached hydrogens (primary N) is 1. The maximum Gasteiger partial charge on any atom is 0.373 e. The Labute approximate surface area is 121 Å². The van der Waals surface area contributed by atoms with Gasteiger partial charge in [-0.3, -0.25) is 4.90 Å². The molecule has 0 saturated carbocycles. The van der Waals surface area contributed by atoms with Gasteiger partial charge in [0.05, 0.1) is 13.7 Å². The van der Waals surface area contributed by atoms with Crippen LogP contribution in [0, 0.1) is 5.41 Å². The quantitative estimate of drug-likeness (QED) is 0.741. The monoisotopic (exact) mass is 282 g/mol. The van der Waals surface area contributed by atoms with E-state index >= 15 is 0 Å². The van der Waals surface area contributed by atoms with Crippen LogP contribution in [0.1, 0.15) is 43.5 Å². The minimum atomic E-state index is -0.444. The lowest BCUT2D eigenvalue weighted by Crippen LogP contribution is -2.38. The number of nitrogens with zero attached hydrogens (tertiary/aromatic N) is 1. The van der Waals surface area contributed by atoms with Crippen LogP contribution in [0.15, 0.2) is 16.5 Å². The van der Waals surface area contributed by atoms with Gasteiger partial charge >= 0.3 is 5.97 Å². The van der Waals surface area contributed by atoms with Gasteiger partial charge in [-0.2, -0.15) is 0 Å². The van der Waals surface area contributed by atoms with Crippen molar-refractivity contribution in [2.45, 2.75) is 33.7 Å². The summed E-state index contributed by atoms with van der Waals surface area (Å²) in [6.07, 6.45) is 1.06. The first kappa shape index (κ1) is 16.7. The van der Waals surface area contributed by atoms with Gasteiger partial charge in [-0.1, -0.05) is 20.8 Å². The van der Waals surface area contributed by atoms with Crippen molar-refractivity contribution in [3.8, 4) is 0 Å². The van der Waals surface area contributed by atoms with Crippen LogP contribution in [0.4, 0.5) is 0 Å². The molecule has 0 radical (unpaired) electrons. The van der Waals surface area contributed by atoms with Crippen molar-refractivity contribution >= 4 is 5.97 Å². The van der Waals surface area contributed by atoms with Gasteiger partial charge in [0.15, 0.2) is 0 Å². The lowest BCUT2D eigenvalue weighted by atomic mass is 9.93. The molecule has 0 fully saturated rings. The van der Waals surface area contributed by atoms with Crippen LogP contribution in [-0.4, -0.2) is 37.6 Å². The SMILES string of the molecule is CCCN(Cc1ccc(C(=O)OC)o1)CC(C)(C)CN. The fourth-order valence-electron chi connectivity index (χ4n) is 2.09. The zero-order valence-corrected chi connectivity index (χ0v) is 12.9. The van der Waals surface area contributed by atoms with Crippen molar-refractivity contribution in [3.05, 3.63) is 23.7 Å². The van der Waals surface area contributed by atoms with Crippen LogP contribution in [0.5, 0.6) is 0 Å². The van der Waals surface area contributed by atoms with E-state index in [4.69, 9.17) is 10.2 Å². The number of hydrogen-bond donors (Lipinski definition) is 1. The summed E-state index contributed by atoms with van der Waals surface area (Å²) in [6, 6.07) is 3.48. The van der Waals surface area contributed by atoms with Crippen molar-refractivity contribution in [3.63, 3.8) is 0 Å². The molecule has 0 aliphatic carbocycles. The van der Waals surface area contributed by atoms with E-state index in [2.05, 4.69) is 30.4 Å². The third kappa shape index (κ3) is 4.98. The molecule has 20 heavy (non-hydrogen) atoms. The zero-order chi connectivity index (χ0) is 15.2. The van der Waals surface area contributed by atoms with E-state index in [9.17, 15) is 4.79 Å². The fourth-order valence-corrected chi connectivity index (χ4v) is 2.09. The van der Waals surface area contributed by atoms with E-state index in [1.165, 1.54) is 7.11 Å². The number of rotatable bonds is 8. The molecule has 0 aliphatic rings. The Balaban J connectivity index is 2.70. The number of carbonyl (C=O) groups is 1. The first-order valence-corrected chi connectivity index (χ1v) is 7.01. The molecule has 1 heterocycles. The minimum Gasteiger partial charge on any atom is -0.463 e. The van der Waals surface area contributed by atoms with Gasteiger partial charge in [0.1, 0.15) is 5.76 Å². The Hall–Kier alpha value is -1.33. The van der Waals surface area contributed by atoms with Gasteiger partial charge in [-0.15, -0.1) is 0 Å². The number of methoxy groups -OCH3 is 1. The molecule has 0 spiro atoms. The predicted octanol–water partition coefficient (Wildman–Crippen LogP) is 2.26. The van der Waals surface area contributed by atoms with Gasteiger partial charge in [-0.05, 0) is 37.1 Å². The molecule has 1 rings (SSSR count). The molecule has 1 aromatic heterocycles. The van der Waals surface area contributed by atoms with E-state index in [1.54, 1.807) is 6.07 Å². The highest BCUT2D eigenvalue weighted by molar-refractivity contribution is 5.86. The highest BCUT2D eigenvalue weighted by Crippen LogP contribution is 2.18. The highest BCUT2D eigenvalue weighted by Gasteiger charge is 2.21. The van der Waals surface area contributed by atoms with Crippen molar-refractivity contribution in [1.29, 1.82) is 0 Å². The normalized spacial score (nSPS) is 11.9. The van der Waals surface area contributed by atoms with Crippen LogP contribution in [0.2, 0.25) is 0 Å². The van der Waals surface area contributed by atoms with Crippen LogP contribution in [0.25, 0.3) is 0 Å². The molecular weight excluding hydrogens is 256 g/mol. The summed E-state index contributed by atoms with van der Waals surface area (Å²) in [5.74, 6) is 0.573. The molecular formula is C15H26N2O3. The maximum absolute atomic E-state index is 11.4. The van der Waals surface area contributed by atoms with Gasteiger partial charge in [0.25, 0.3) is 0 Å². The average molecular weight is 282 g/mol. The second-order valence-electron chi connectivity index (χ2n) is 5.84. The van der Waals surface area contributed by atoms with Crippen molar-refractivity contribution in [1.82, 2.24) is 4.90 Å². The minimum absolute atomic E-state index is 0.0624. The fraction of sp³-hybridized carbons (Fsp3) is 0.667. The Morgan fingerprint density at radius 1 is 1.45 bits per heavy atom. The number of carbonyl (C=O) groups excluding carboxylic acids is 1. The topological polar surface area (TPSA) is 68.7 Å². The Bertz CT molecular complexity index is 427. The van der Waals surface area contributed by atoms with Crippen LogP contribution in [-0.2, 0) is 11.3 Å². The van der Waals surface area contributed by atoms with Gasteiger partial charge in [-0.25, -0.2) is 4.79 Å². The van der Waals surface area contributed by atoms with E-state index in [0.717, 1.165) is 25.3 Å². The van der Waals surface area contributed by atoms with E-state index < -0.39 is 5.97 Å². The third-order valence-electron chi connectivity index (χ3n) is 3.17. The molecule has 5 heteroatoms. The number of furan rings is 1. The smallest absolute Gasteiger partial charge is 0.373 e. The molecule has 0 aliphatic heterocycles. The van der Waals surface area contributed by atoms with Crippen molar-refractivity contribution in [2.24, 2.45) is 11.1 Å². The lowest BCUT2D eigenvalue weighted by Gasteiger charge is -2.31. The zero-order valence-electron chi connectivity index (χ0n) is 12.9. The first-order chi connectivity index (χ1) is 9.41. The lowest BCUT2D eigenvalue weighted by molar-refractivity contribution is 0.0560. The maximum atomic E-state index is 11.4. The number of esters is 1. The molecule has 1 aromatic rings. The largest absolute Gasteiger partial charge is 0.463 e. The molecule has 0 saturated heterocycles. The molecule has 0 amide bonds. The third-order valence-corrected chi connectivity index (χ3v) is 3.17.